The number of amides is 1. The maximum absolute atomic E-state index is 12.2. The number of benzene rings is 1. The molecular formula is C16H13N3O2. The van der Waals surface area contributed by atoms with Gasteiger partial charge in [-0.15, -0.1) is 12.3 Å². The number of carbonyl (C=O) groups excluding carboxylic acids is 1. The van der Waals surface area contributed by atoms with Crippen molar-refractivity contribution in [1.29, 1.82) is 0 Å². The number of anilines is 1. The van der Waals surface area contributed by atoms with Gasteiger partial charge in [-0.3, -0.25) is 9.59 Å². The van der Waals surface area contributed by atoms with E-state index in [1.807, 2.05) is 18.2 Å². The highest BCUT2D eigenvalue weighted by molar-refractivity contribution is 5.95. The quantitative estimate of drug-likeness (QED) is 0.777. The number of carbonyl (C=O) groups is 1. The summed E-state index contributed by atoms with van der Waals surface area (Å²) in [6.07, 6.45) is 7.19. The fourth-order valence-corrected chi connectivity index (χ4v) is 2.38. The number of hydrogen-bond acceptors (Lipinski definition) is 3. The van der Waals surface area contributed by atoms with Gasteiger partial charge in [0, 0.05) is 24.9 Å². The molecule has 3 rings (SSSR count). The van der Waals surface area contributed by atoms with Crippen molar-refractivity contribution in [2.24, 2.45) is 5.92 Å². The molecule has 1 unspecified atom stereocenters. The maximum Gasteiger partial charge on any atom is 0.273 e. The van der Waals surface area contributed by atoms with Crippen LogP contribution >= 0.6 is 0 Å². The molecule has 0 radical (unpaired) electrons. The van der Waals surface area contributed by atoms with Gasteiger partial charge in [-0.1, -0.05) is 18.2 Å². The van der Waals surface area contributed by atoms with Gasteiger partial charge < -0.3 is 4.90 Å². The molecule has 0 N–H and O–H groups in total. The number of hydrogen-bond donors (Lipinski definition) is 0. The Morgan fingerprint density at radius 1 is 1.19 bits per heavy atom. The van der Waals surface area contributed by atoms with E-state index in [1.165, 1.54) is 21.8 Å². The fourth-order valence-electron chi connectivity index (χ4n) is 2.38. The van der Waals surface area contributed by atoms with E-state index < -0.39 is 0 Å². The SMILES string of the molecule is C#CC1CC(=O)N(c2cnn(-c3ccccc3)c(=O)c2)C1. The molecule has 1 saturated heterocycles. The fraction of sp³-hybridized carbons (Fsp3) is 0.188. The summed E-state index contributed by atoms with van der Waals surface area (Å²) >= 11 is 0. The van der Waals surface area contributed by atoms with E-state index in [0.717, 1.165) is 0 Å². The van der Waals surface area contributed by atoms with Crippen molar-refractivity contribution in [3.05, 3.63) is 52.9 Å². The smallest absolute Gasteiger partial charge is 0.273 e. The van der Waals surface area contributed by atoms with E-state index >= 15 is 0 Å². The molecule has 1 aromatic heterocycles. The Bertz CT molecular complexity index is 774. The summed E-state index contributed by atoms with van der Waals surface area (Å²) in [6.45, 7) is 0.436. The Morgan fingerprint density at radius 3 is 2.57 bits per heavy atom. The van der Waals surface area contributed by atoms with Crippen molar-refractivity contribution >= 4 is 11.6 Å². The molecule has 0 spiro atoms. The Hall–Kier alpha value is -2.87. The van der Waals surface area contributed by atoms with Crippen LogP contribution in [-0.4, -0.2) is 22.2 Å². The maximum atomic E-state index is 12.2. The van der Waals surface area contributed by atoms with Crippen LogP contribution in [0, 0.1) is 18.3 Å². The second-order valence-electron chi connectivity index (χ2n) is 4.87. The van der Waals surface area contributed by atoms with Gasteiger partial charge in [0.2, 0.25) is 5.91 Å². The van der Waals surface area contributed by atoms with Gasteiger partial charge in [0.25, 0.3) is 5.56 Å². The van der Waals surface area contributed by atoms with Crippen LogP contribution in [0.5, 0.6) is 0 Å². The van der Waals surface area contributed by atoms with Gasteiger partial charge in [-0.05, 0) is 12.1 Å². The molecular weight excluding hydrogens is 266 g/mol. The highest BCUT2D eigenvalue weighted by atomic mass is 16.2. The molecule has 2 aromatic rings. The lowest BCUT2D eigenvalue weighted by Crippen LogP contribution is -2.28. The Morgan fingerprint density at radius 2 is 1.95 bits per heavy atom. The number of rotatable bonds is 2. The predicted molar refractivity (Wildman–Crippen MR) is 79.1 cm³/mol. The summed E-state index contributed by atoms with van der Waals surface area (Å²) in [6, 6.07) is 10.5. The minimum atomic E-state index is -0.282. The van der Waals surface area contributed by atoms with Crippen molar-refractivity contribution in [1.82, 2.24) is 9.78 Å². The van der Waals surface area contributed by atoms with E-state index in [4.69, 9.17) is 6.42 Å². The topological polar surface area (TPSA) is 55.2 Å². The monoisotopic (exact) mass is 279 g/mol. The van der Waals surface area contributed by atoms with E-state index in [1.54, 1.807) is 12.1 Å². The van der Waals surface area contributed by atoms with Gasteiger partial charge in [0.15, 0.2) is 0 Å². The summed E-state index contributed by atoms with van der Waals surface area (Å²) < 4.78 is 1.29. The second kappa shape index (κ2) is 5.25. The Balaban J connectivity index is 1.94. The molecule has 1 atom stereocenters. The molecule has 5 heteroatoms. The molecule has 1 fully saturated rings. The molecule has 21 heavy (non-hydrogen) atoms. The van der Waals surface area contributed by atoms with Crippen molar-refractivity contribution in [3.63, 3.8) is 0 Å². The van der Waals surface area contributed by atoms with Crippen LogP contribution in [-0.2, 0) is 4.79 Å². The van der Waals surface area contributed by atoms with Crippen LogP contribution in [0.1, 0.15) is 6.42 Å². The van der Waals surface area contributed by atoms with Crippen molar-refractivity contribution in [2.75, 3.05) is 11.4 Å². The normalized spacial score (nSPS) is 17.8. The van der Waals surface area contributed by atoms with Crippen molar-refractivity contribution < 1.29 is 4.79 Å². The molecule has 1 amide bonds. The number of para-hydroxylation sites is 1. The van der Waals surface area contributed by atoms with E-state index in [-0.39, 0.29) is 17.4 Å². The molecule has 2 heterocycles. The summed E-state index contributed by atoms with van der Waals surface area (Å²) in [5.74, 6) is 2.40. The zero-order chi connectivity index (χ0) is 14.8. The first-order valence-corrected chi connectivity index (χ1v) is 6.60. The Kier molecular flexibility index (Phi) is 3.28. The first-order valence-electron chi connectivity index (χ1n) is 6.60. The number of terminal acetylenes is 1. The van der Waals surface area contributed by atoms with Crippen molar-refractivity contribution in [3.8, 4) is 18.0 Å². The second-order valence-corrected chi connectivity index (χ2v) is 4.87. The molecule has 104 valence electrons. The Labute approximate surface area is 121 Å². The third-order valence-corrected chi connectivity index (χ3v) is 3.46. The third kappa shape index (κ3) is 2.43. The van der Waals surface area contributed by atoms with Gasteiger partial charge in [-0.25, -0.2) is 0 Å². The summed E-state index contributed by atoms with van der Waals surface area (Å²) in [7, 11) is 0. The predicted octanol–water partition coefficient (Wildman–Crippen LogP) is 1.22. The summed E-state index contributed by atoms with van der Waals surface area (Å²) in [4.78, 5) is 25.6. The average Bonchev–Trinajstić information content (AvgIpc) is 2.89. The average molecular weight is 279 g/mol. The molecule has 0 saturated carbocycles. The largest absolute Gasteiger partial charge is 0.309 e. The van der Waals surface area contributed by atoms with Crippen LogP contribution < -0.4 is 10.5 Å². The zero-order valence-corrected chi connectivity index (χ0v) is 11.3. The first-order chi connectivity index (χ1) is 10.2. The van der Waals surface area contributed by atoms with E-state index in [0.29, 0.717) is 24.3 Å². The summed E-state index contributed by atoms with van der Waals surface area (Å²) in [5.41, 5.74) is 0.897. The van der Waals surface area contributed by atoms with Crippen LogP contribution in [0.25, 0.3) is 5.69 Å². The van der Waals surface area contributed by atoms with Crippen LogP contribution in [0.4, 0.5) is 5.69 Å². The lowest BCUT2D eigenvalue weighted by molar-refractivity contribution is -0.117. The molecule has 5 nitrogen and oxygen atoms in total. The van der Waals surface area contributed by atoms with Gasteiger partial charge in [0.05, 0.1) is 17.6 Å². The molecule has 1 aliphatic heterocycles. The van der Waals surface area contributed by atoms with Crippen LogP contribution in [0.2, 0.25) is 0 Å². The molecule has 0 bridgehead atoms. The standard InChI is InChI=1S/C16H13N3O2/c1-2-12-8-15(20)18(11-12)14-9-16(21)19(17-10-14)13-6-4-3-5-7-13/h1,3-7,9-10,12H,8,11H2. The molecule has 0 aliphatic carbocycles. The van der Waals surface area contributed by atoms with Gasteiger partial charge in [-0.2, -0.15) is 9.78 Å². The minimum absolute atomic E-state index is 0.0726. The lowest BCUT2D eigenvalue weighted by atomic mass is 10.1. The highest BCUT2D eigenvalue weighted by Crippen LogP contribution is 2.22. The molecule has 1 aliphatic rings. The van der Waals surface area contributed by atoms with Crippen LogP contribution in [0.3, 0.4) is 0 Å². The summed E-state index contributed by atoms with van der Waals surface area (Å²) in [5, 5.41) is 4.14. The van der Waals surface area contributed by atoms with E-state index in [2.05, 4.69) is 11.0 Å². The van der Waals surface area contributed by atoms with Crippen molar-refractivity contribution in [2.45, 2.75) is 6.42 Å². The zero-order valence-electron chi connectivity index (χ0n) is 11.3. The van der Waals surface area contributed by atoms with Gasteiger partial charge >= 0.3 is 0 Å². The van der Waals surface area contributed by atoms with E-state index in [9.17, 15) is 9.59 Å². The first kappa shape index (κ1) is 13.1. The third-order valence-electron chi connectivity index (χ3n) is 3.46. The highest BCUT2D eigenvalue weighted by Gasteiger charge is 2.29. The van der Waals surface area contributed by atoms with Crippen LogP contribution in [0.15, 0.2) is 47.4 Å². The van der Waals surface area contributed by atoms with Gasteiger partial charge in [0.1, 0.15) is 0 Å². The number of nitrogens with zero attached hydrogens (tertiary/aromatic N) is 3. The lowest BCUT2D eigenvalue weighted by Gasteiger charge is -2.15. The number of aromatic nitrogens is 2. The minimum Gasteiger partial charge on any atom is -0.309 e. The molecule has 1 aromatic carbocycles.